The first kappa shape index (κ1) is 14.0. The highest BCUT2D eigenvalue weighted by Gasteiger charge is 2.24. The van der Waals surface area contributed by atoms with E-state index >= 15 is 0 Å². The van der Waals surface area contributed by atoms with Crippen LogP contribution in [0.3, 0.4) is 0 Å². The van der Waals surface area contributed by atoms with Gasteiger partial charge in [-0.2, -0.15) is 0 Å². The van der Waals surface area contributed by atoms with Crippen LogP contribution >= 0.6 is 0 Å². The van der Waals surface area contributed by atoms with Gasteiger partial charge >= 0.3 is 0 Å². The molecular weight excluding hydrogens is 247 g/mol. The van der Waals surface area contributed by atoms with Gasteiger partial charge in [0.05, 0.1) is 19.3 Å². The van der Waals surface area contributed by atoms with Gasteiger partial charge in [-0.3, -0.25) is 9.69 Å². The fourth-order valence-corrected chi connectivity index (χ4v) is 2.14. The second kappa shape index (κ2) is 6.12. The standard InChI is InChI=1S/C14H19FN2O2/c1-10-9-19-11(2)7-17(10)8-14(18)16-13-5-3-4-12(15)6-13/h3-6,10-11H,7-9H2,1-2H3,(H,16,18). The molecule has 0 saturated carbocycles. The summed E-state index contributed by atoms with van der Waals surface area (Å²) >= 11 is 0. The largest absolute Gasteiger partial charge is 0.376 e. The number of nitrogens with zero attached hydrogens (tertiary/aromatic N) is 1. The molecule has 5 heteroatoms. The molecule has 4 nitrogen and oxygen atoms in total. The van der Waals surface area contributed by atoms with Gasteiger partial charge in [-0.1, -0.05) is 6.07 Å². The topological polar surface area (TPSA) is 41.6 Å². The van der Waals surface area contributed by atoms with Gasteiger partial charge in [0.25, 0.3) is 0 Å². The maximum absolute atomic E-state index is 13.0. The fourth-order valence-electron chi connectivity index (χ4n) is 2.14. The molecule has 1 aromatic rings. The van der Waals surface area contributed by atoms with Crippen molar-refractivity contribution in [3.05, 3.63) is 30.1 Å². The van der Waals surface area contributed by atoms with E-state index in [-0.39, 0.29) is 23.9 Å². The molecule has 2 atom stereocenters. The minimum atomic E-state index is -0.355. The monoisotopic (exact) mass is 266 g/mol. The number of amides is 1. The summed E-state index contributed by atoms with van der Waals surface area (Å²) in [6.45, 7) is 5.68. The maximum Gasteiger partial charge on any atom is 0.238 e. The lowest BCUT2D eigenvalue weighted by Crippen LogP contribution is -2.50. The van der Waals surface area contributed by atoms with Gasteiger partial charge in [-0.15, -0.1) is 0 Å². The van der Waals surface area contributed by atoms with Crippen LogP contribution in [0.15, 0.2) is 24.3 Å². The number of benzene rings is 1. The van der Waals surface area contributed by atoms with E-state index < -0.39 is 0 Å². The quantitative estimate of drug-likeness (QED) is 0.908. The predicted molar refractivity (Wildman–Crippen MR) is 71.5 cm³/mol. The van der Waals surface area contributed by atoms with Crippen LogP contribution < -0.4 is 5.32 Å². The van der Waals surface area contributed by atoms with Crippen LogP contribution in [0.4, 0.5) is 10.1 Å². The summed E-state index contributed by atoms with van der Waals surface area (Å²) in [5, 5.41) is 2.70. The Morgan fingerprint density at radius 3 is 3.05 bits per heavy atom. The number of anilines is 1. The van der Waals surface area contributed by atoms with Crippen LogP contribution in [0, 0.1) is 5.82 Å². The Balaban J connectivity index is 1.90. The van der Waals surface area contributed by atoms with Crippen LogP contribution in [0.5, 0.6) is 0 Å². The molecule has 2 rings (SSSR count). The van der Waals surface area contributed by atoms with Crippen molar-refractivity contribution in [2.75, 3.05) is 25.0 Å². The lowest BCUT2D eigenvalue weighted by atomic mass is 10.2. The Morgan fingerprint density at radius 1 is 1.53 bits per heavy atom. The highest BCUT2D eigenvalue weighted by atomic mass is 19.1. The van der Waals surface area contributed by atoms with E-state index in [0.717, 1.165) is 6.54 Å². The molecule has 1 saturated heterocycles. The van der Waals surface area contributed by atoms with Gasteiger partial charge in [-0.25, -0.2) is 4.39 Å². The first-order chi connectivity index (χ1) is 9.04. The third kappa shape index (κ3) is 4.01. The van der Waals surface area contributed by atoms with Crippen molar-refractivity contribution >= 4 is 11.6 Å². The second-order valence-electron chi connectivity index (χ2n) is 4.98. The molecule has 0 spiro atoms. The molecule has 0 aromatic heterocycles. The first-order valence-electron chi connectivity index (χ1n) is 6.45. The molecule has 1 amide bonds. The zero-order valence-electron chi connectivity index (χ0n) is 11.2. The van der Waals surface area contributed by atoms with Crippen LogP contribution in [0.2, 0.25) is 0 Å². The summed E-state index contributed by atoms with van der Waals surface area (Å²) < 4.78 is 18.5. The van der Waals surface area contributed by atoms with Crippen LogP contribution in [-0.4, -0.2) is 42.6 Å². The summed E-state index contributed by atoms with van der Waals surface area (Å²) in [7, 11) is 0. The zero-order valence-corrected chi connectivity index (χ0v) is 11.2. The molecule has 0 aliphatic carbocycles. The number of ether oxygens (including phenoxy) is 1. The van der Waals surface area contributed by atoms with Crippen molar-refractivity contribution in [2.24, 2.45) is 0 Å². The smallest absolute Gasteiger partial charge is 0.238 e. The molecular formula is C14H19FN2O2. The summed E-state index contributed by atoms with van der Waals surface area (Å²) in [5.41, 5.74) is 0.485. The molecule has 1 heterocycles. The predicted octanol–water partition coefficient (Wildman–Crippen LogP) is 1.87. The van der Waals surface area contributed by atoms with Gasteiger partial charge in [-0.05, 0) is 32.0 Å². The third-order valence-corrected chi connectivity index (χ3v) is 3.19. The van der Waals surface area contributed by atoms with Gasteiger partial charge < -0.3 is 10.1 Å². The summed E-state index contributed by atoms with van der Waals surface area (Å²) in [6.07, 6.45) is 0.137. The molecule has 1 fully saturated rings. The SMILES string of the molecule is CC1CN(CC(=O)Nc2cccc(F)c2)C(C)CO1. The second-order valence-corrected chi connectivity index (χ2v) is 4.98. The molecule has 1 aliphatic heterocycles. The number of carbonyl (C=O) groups is 1. The third-order valence-electron chi connectivity index (χ3n) is 3.19. The molecule has 1 aromatic carbocycles. The molecule has 0 bridgehead atoms. The van der Waals surface area contributed by atoms with Gasteiger partial charge in [0, 0.05) is 18.3 Å². The van der Waals surface area contributed by atoms with Crippen molar-refractivity contribution in [3.63, 3.8) is 0 Å². The number of carbonyl (C=O) groups excluding carboxylic acids is 1. The summed E-state index contributed by atoms with van der Waals surface area (Å²) in [4.78, 5) is 14.0. The lowest BCUT2D eigenvalue weighted by Gasteiger charge is -2.36. The molecule has 1 aliphatic rings. The zero-order chi connectivity index (χ0) is 13.8. The Labute approximate surface area is 112 Å². The molecule has 1 N–H and O–H groups in total. The fraction of sp³-hybridized carbons (Fsp3) is 0.500. The van der Waals surface area contributed by atoms with Crippen molar-refractivity contribution in [1.82, 2.24) is 4.90 Å². The van der Waals surface area contributed by atoms with Crippen LogP contribution in [0.25, 0.3) is 0 Å². The van der Waals surface area contributed by atoms with Crippen molar-refractivity contribution in [1.29, 1.82) is 0 Å². The Bertz CT molecular complexity index is 453. The molecule has 0 radical (unpaired) electrons. The number of nitrogens with one attached hydrogen (secondary N) is 1. The normalized spacial score (nSPS) is 24.2. The minimum Gasteiger partial charge on any atom is -0.376 e. The average Bonchev–Trinajstić information content (AvgIpc) is 2.34. The van der Waals surface area contributed by atoms with E-state index in [0.29, 0.717) is 18.8 Å². The number of hydrogen-bond acceptors (Lipinski definition) is 3. The number of halogens is 1. The molecule has 2 unspecified atom stereocenters. The Kier molecular flexibility index (Phi) is 4.50. The van der Waals surface area contributed by atoms with E-state index in [1.54, 1.807) is 12.1 Å². The van der Waals surface area contributed by atoms with E-state index in [4.69, 9.17) is 4.74 Å². The van der Waals surface area contributed by atoms with Crippen LogP contribution in [-0.2, 0) is 9.53 Å². The van der Waals surface area contributed by atoms with E-state index in [9.17, 15) is 9.18 Å². The Morgan fingerprint density at radius 2 is 2.32 bits per heavy atom. The van der Waals surface area contributed by atoms with Crippen LogP contribution in [0.1, 0.15) is 13.8 Å². The van der Waals surface area contributed by atoms with E-state index in [1.165, 1.54) is 12.1 Å². The molecule has 104 valence electrons. The van der Waals surface area contributed by atoms with Gasteiger partial charge in [0.2, 0.25) is 5.91 Å². The Hall–Kier alpha value is -1.46. The van der Waals surface area contributed by atoms with E-state index in [2.05, 4.69) is 10.2 Å². The van der Waals surface area contributed by atoms with Crippen molar-refractivity contribution < 1.29 is 13.9 Å². The molecule has 19 heavy (non-hydrogen) atoms. The van der Waals surface area contributed by atoms with Crippen molar-refractivity contribution in [3.8, 4) is 0 Å². The average molecular weight is 266 g/mol. The number of morpholine rings is 1. The maximum atomic E-state index is 13.0. The highest BCUT2D eigenvalue weighted by molar-refractivity contribution is 5.92. The highest BCUT2D eigenvalue weighted by Crippen LogP contribution is 2.12. The number of hydrogen-bond donors (Lipinski definition) is 1. The summed E-state index contributed by atoms with van der Waals surface area (Å²) in [5.74, 6) is -0.488. The lowest BCUT2D eigenvalue weighted by molar-refractivity contribution is -0.121. The van der Waals surface area contributed by atoms with Gasteiger partial charge in [0.1, 0.15) is 5.82 Å². The minimum absolute atomic E-state index is 0.133. The number of rotatable bonds is 3. The van der Waals surface area contributed by atoms with Gasteiger partial charge in [0.15, 0.2) is 0 Å². The van der Waals surface area contributed by atoms with E-state index in [1.807, 2.05) is 13.8 Å². The summed E-state index contributed by atoms with van der Waals surface area (Å²) in [6, 6.07) is 6.12. The van der Waals surface area contributed by atoms with Crippen molar-refractivity contribution in [2.45, 2.75) is 26.0 Å². The first-order valence-corrected chi connectivity index (χ1v) is 6.45.